The van der Waals surface area contributed by atoms with Crippen LogP contribution in [0, 0.1) is 17.0 Å². The Balaban J connectivity index is 1.60. The summed E-state index contributed by atoms with van der Waals surface area (Å²) < 4.78 is 13.0. The van der Waals surface area contributed by atoms with Crippen LogP contribution in [-0.4, -0.2) is 27.9 Å². The zero-order valence-electron chi connectivity index (χ0n) is 24.7. The van der Waals surface area contributed by atoms with Crippen molar-refractivity contribution in [3.05, 3.63) is 124 Å². The molecule has 0 aliphatic rings. The number of nitro benzene ring substituents is 1. The number of fused-ring (bicyclic) bond motifs is 1. The summed E-state index contributed by atoms with van der Waals surface area (Å²) in [6.45, 7) is 6.04. The Morgan fingerprint density at radius 1 is 1.09 bits per heavy atom. The van der Waals surface area contributed by atoms with Crippen molar-refractivity contribution < 1.29 is 14.4 Å². The molecule has 230 valence electrons. The average molecular weight is 710 g/mol. The van der Waals surface area contributed by atoms with Gasteiger partial charge in [-0.3, -0.25) is 14.9 Å². The SMILES string of the molecule is COc1cc(C)c(-c2nc3ccccc3c(=O)n2N=Cc2cc(Br)c(OCc3ccc(Cl)c(Cl)c3)c([N+](=O)[O-])c2)cc1C(C)C. The Bertz CT molecular complexity index is 2050. The summed E-state index contributed by atoms with van der Waals surface area (Å²) in [6, 6.07) is 18.8. The molecule has 45 heavy (non-hydrogen) atoms. The van der Waals surface area contributed by atoms with Gasteiger partial charge in [-0.2, -0.15) is 9.78 Å². The number of aromatic nitrogens is 2. The second-order valence-electron chi connectivity index (χ2n) is 10.5. The number of ether oxygens (including phenoxy) is 2. The fourth-order valence-corrected chi connectivity index (χ4v) is 5.74. The van der Waals surface area contributed by atoms with E-state index in [0.29, 0.717) is 47.9 Å². The molecule has 1 aromatic heterocycles. The van der Waals surface area contributed by atoms with Crippen molar-refractivity contribution in [2.75, 3.05) is 7.11 Å². The van der Waals surface area contributed by atoms with Crippen LogP contribution < -0.4 is 15.0 Å². The monoisotopic (exact) mass is 708 g/mol. The highest BCUT2D eigenvalue weighted by atomic mass is 79.9. The molecule has 0 spiro atoms. The summed E-state index contributed by atoms with van der Waals surface area (Å²) in [5.41, 5.74) is 3.38. The molecular weight excluding hydrogens is 683 g/mol. The predicted octanol–water partition coefficient (Wildman–Crippen LogP) is 8.94. The van der Waals surface area contributed by atoms with E-state index >= 15 is 0 Å². The third-order valence-corrected chi connectivity index (χ3v) is 8.45. The molecule has 5 rings (SSSR count). The molecule has 0 saturated carbocycles. The lowest BCUT2D eigenvalue weighted by Crippen LogP contribution is -2.20. The first-order valence-electron chi connectivity index (χ1n) is 13.8. The number of nitrogens with zero attached hydrogens (tertiary/aromatic N) is 4. The fourth-order valence-electron chi connectivity index (χ4n) is 4.83. The second kappa shape index (κ2) is 13.4. The van der Waals surface area contributed by atoms with Gasteiger partial charge in [-0.25, -0.2) is 4.98 Å². The average Bonchev–Trinajstić information content (AvgIpc) is 3.01. The number of benzene rings is 4. The lowest BCUT2D eigenvalue weighted by molar-refractivity contribution is -0.386. The van der Waals surface area contributed by atoms with Gasteiger partial charge in [-0.1, -0.05) is 55.2 Å². The van der Waals surface area contributed by atoms with Gasteiger partial charge in [0.1, 0.15) is 12.4 Å². The smallest absolute Gasteiger partial charge is 0.312 e. The third-order valence-electron chi connectivity index (χ3n) is 7.13. The van der Waals surface area contributed by atoms with E-state index in [1.165, 1.54) is 17.0 Å². The molecule has 0 atom stereocenters. The summed E-state index contributed by atoms with van der Waals surface area (Å²) in [6.07, 6.45) is 1.38. The van der Waals surface area contributed by atoms with Crippen LogP contribution in [0.4, 0.5) is 5.69 Å². The fraction of sp³-hybridized carbons (Fsp3) is 0.182. The lowest BCUT2D eigenvalue weighted by Gasteiger charge is -2.17. The number of nitro groups is 1. The number of rotatable bonds is 9. The molecule has 0 bridgehead atoms. The zero-order valence-corrected chi connectivity index (χ0v) is 27.8. The van der Waals surface area contributed by atoms with Crippen LogP contribution in [0.1, 0.15) is 42.0 Å². The number of hydrogen-bond acceptors (Lipinski definition) is 7. The molecule has 0 aliphatic carbocycles. The van der Waals surface area contributed by atoms with Crippen molar-refractivity contribution in [1.82, 2.24) is 9.66 Å². The number of methoxy groups -OCH3 is 1. The Morgan fingerprint density at radius 3 is 2.53 bits per heavy atom. The minimum Gasteiger partial charge on any atom is -0.496 e. The molecule has 0 N–H and O–H groups in total. The van der Waals surface area contributed by atoms with Crippen molar-refractivity contribution in [1.29, 1.82) is 0 Å². The van der Waals surface area contributed by atoms with Gasteiger partial charge in [0.15, 0.2) is 5.82 Å². The molecule has 0 amide bonds. The van der Waals surface area contributed by atoms with Gasteiger partial charge < -0.3 is 9.47 Å². The van der Waals surface area contributed by atoms with Crippen molar-refractivity contribution in [2.45, 2.75) is 33.3 Å². The molecular formula is C33H27BrCl2N4O5. The highest BCUT2D eigenvalue weighted by Crippen LogP contribution is 2.37. The van der Waals surface area contributed by atoms with E-state index in [1.54, 1.807) is 49.6 Å². The molecule has 0 radical (unpaired) electrons. The van der Waals surface area contributed by atoms with Crippen molar-refractivity contribution in [2.24, 2.45) is 5.10 Å². The van der Waals surface area contributed by atoms with Crippen molar-refractivity contribution in [3.63, 3.8) is 0 Å². The second-order valence-corrected chi connectivity index (χ2v) is 12.2. The van der Waals surface area contributed by atoms with E-state index in [9.17, 15) is 14.9 Å². The predicted molar refractivity (Wildman–Crippen MR) is 181 cm³/mol. The summed E-state index contributed by atoms with van der Waals surface area (Å²) in [7, 11) is 1.62. The zero-order chi connectivity index (χ0) is 32.4. The Labute approximate surface area is 277 Å². The first-order valence-corrected chi connectivity index (χ1v) is 15.3. The number of para-hydroxylation sites is 1. The van der Waals surface area contributed by atoms with Crippen LogP contribution >= 0.6 is 39.1 Å². The Hall–Kier alpha value is -4.25. The molecule has 4 aromatic carbocycles. The molecule has 0 saturated heterocycles. The summed E-state index contributed by atoms with van der Waals surface area (Å²) >= 11 is 15.5. The van der Waals surface area contributed by atoms with Crippen LogP contribution in [0.15, 0.2) is 81.1 Å². The van der Waals surface area contributed by atoms with E-state index in [0.717, 1.165) is 16.9 Å². The van der Waals surface area contributed by atoms with Gasteiger partial charge in [0.05, 0.1) is 43.7 Å². The van der Waals surface area contributed by atoms with Gasteiger partial charge in [-0.15, -0.1) is 0 Å². The maximum absolute atomic E-state index is 13.8. The molecule has 1 heterocycles. The highest BCUT2D eigenvalue weighted by Gasteiger charge is 2.22. The normalized spacial score (nSPS) is 11.5. The highest BCUT2D eigenvalue weighted by molar-refractivity contribution is 9.10. The van der Waals surface area contributed by atoms with Crippen molar-refractivity contribution in [3.8, 4) is 22.9 Å². The topological polar surface area (TPSA) is 109 Å². The van der Waals surface area contributed by atoms with E-state index in [1.807, 2.05) is 25.1 Å². The maximum Gasteiger partial charge on any atom is 0.312 e. The van der Waals surface area contributed by atoms with E-state index in [2.05, 4.69) is 34.9 Å². The van der Waals surface area contributed by atoms with Crippen LogP contribution in [0.5, 0.6) is 11.5 Å². The van der Waals surface area contributed by atoms with Gasteiger partial charge >= 0.3 is 5.69 Å². The number of halogens is 3. The third kappa shape index (κ3) is 6.73. The standard InChI is InChI=1S/C33H27BrCl2N4O5/c1-18(2)23-15-24(19(3)11-30(23)44-4)32-38-28-8-6-5-7-22(28)33(41)39(32)37-16-21-12-25(34)31(29(14-21)40(42)43)45-17-20-9-10-26(35)27(36)13-20/h5-16,18H,17H2,1-4H3. The van der Waals surface area contributed by atoms with Gasteiger partial charge in [-0.05, 0) is 87.9 Å². The summed E-state index contributed by atoms with van der Waals surface area (Å²) in [5.74, 6) is 1.23. The van der Waals surface area contributed by atoms with E-state index < -0.39 is 4.92 Å². The maximum atomic E-state index is 13.8. The Morgan fingerprint density at radius 2 is 1.84 bits per heavy atom. The van der Waals surface area contributed by atoms with E-state index in [4.69, 9.17) is 37.7 Å². The molecule has 5 aromatic rings. The van der Waals surface area contributed by atoms with Gasteiger partial charge in [0, 0.05) is 17.2 Å². The molecule has 0 aliphatic heterocycles. The van der Waals surface area contributed by atoms with Crippen LogP contribution in [0.25, 0.3) is 22.3 Å². The minimum absolute atomic E-state index is 0.0187. The number of hydrogen-bond donors (Lipinski definition) is 0. The summed E-state index contributed by atoms with van der Waals surface area (Å²) in [5, 5.41) is 17.7. The first kappa shape index (κ1) is 32.2. The van der Waals surface area contributed by atoms with Gasteiger partial charge in [0.2, 0.25) is 5.75 Å². The van der Waals surface area contributed by atoms with Crippen LogP contribution in [0.2, 0.25) is 10.0 Å². The largest absolute Gasteiger partial charge is 0.496 e. The lowest BCUT2D eigenvalue weighted by atomic mass is 9.96. The van der Waals surface area contributed by atoms with Gasteiger partial charge in [0.25, 0.3) is 5.56 Å². The summed E-state index contributed by atoms with van der Waals surface area (Å²) in [4.78, 5) is 30.1. The van der Waals surface area contributed by atoms with Crippen LogP contribution in [0.3, 0.4) is 0 Å². The first-order chi connectivity index (χ1) is 21.5. The number of aryl methyl sites for hydroxylation is 1. The van der Waals surface area contributed by atoms with Crippen LogP contribution in [-0.2, 0) is 6.61 Å². The molecule has 0 fully saturated rings. The quantitative estimate of drug-likeness (QED) is 0.0859. The molecule has 9 nitrogen and oxygen atoms in total. The Kier molecular flexibility index (Phi) is 9.57. The minimum atomic E-state index is -0.546. The van der Waals surface area contributed by atoms with E-state index in [-0.39, 0.29) is 29.5 Å². The molecule has 0 unspecified atom stereocenters. The molecule has 12 heteroatoms. The van der Waals surface area contributed by atoms with Crippen molar-refractivity contribution >= 4 is 61.9 Å².